The number of rotatable bonds is 4. The van der Waals surface area contributed by atoms with Crippen LogP contribution in [-0.2, 0) is 4.74 Å². The molecule has 1 saturated heterocycles. The van der Waals surface area contributed by atoms with Crippen molar-refractivity contribution in [1.82, 2.24) is 15.0 Å². The van der Waals surface area contributed by atoms with Crippen molar-refractivity contribution in [3.05, 3.63) is 39.9 Å². The van der Waals surface area contributed by atoms with Crippen molar-refractivity contribution in [2.75, 3.05) is 24.7 Å². The van der Waals surface area contributed by atoms with Crippen molar-refractivity contribution in [1.29, 1.82) is 0 Å². The second kappa shape index (κ2) is 7.10. The van der Waals surface area contributed by atoms with Crippen molar-refractivity contribution in [3.63, 3.8) is 0 Å². The number of H-pyrrole nitrogens is 1. The topological polar surface area (TPSA) is 71.1 Å². The highest BCUT2D eigenvalue weighted by Crippen LogP contribution is 2.27. The van der Waals surface area contributed by atoms with Crippen LogP contribution in [0.5, 0.6) is 0 Å². The van der Waals surface area contributed by atoms with E-state index in [0.29, 0.717) is 31.4 Å². The van der Waals surface area contributed by atoms with E-state index in [-0.39, 0.29) is 16.6 Å². The molecule has 1 unspecified atom stereocenters. The Morgan fingerprint density at radius 2 is 2.22 bits per heavy atom. The molecular formula is C16H19ClN4O2. The van der Waals surface area contributed by atoms with E-state index in [0.717, 1.165) is 18.4 Å². The Balaban J connectivity index is 2.04. The number of halogens is 1. The number of ether oxygens (including phenoxy) is 1. The molecule has 1 atom stereocenters. The monoisotopic (exact) mass is 334 g/mol. The summed E-state index contributed by atoms with van der Waals surface area (Å²) in [7, 11) is 0. The fourth-order valence-corrected chi connectivity index (χ4v) is 2.99. The number of nitrogens with one attached hydrogen (secondary N) is 1. The van der Waals surface area contributed by atoms with Crippen LogP contribution < -0.4 is 10.5 Å². The van der Waals surface area contributed by atoms with Gasteiger partial charge in [0, 0.05) is 24.5 Å². The summed E-state index contributed by atoms with van der Waals surface area (Å²) in [4.78, 5) is 25.7. The first-order chi connectivity index (χ1) is 11.2. The Labute approximate surface area is 139 Å². The molecule has 0 amide bonds. The average molecular weight is 335 g/mol. The first kappa shape index (κ1) is 16.0. The summed E-state index contributed by atoms with van der Waals surface area (Å²) in [5.74, 6) is 1.03. The molecule has 0 aromatic carbocycles. The van der Waals surface area contributed by atoms with E-state index < -0.39 is 0 Å². The highest BCUT2D eigenvalue weighted by molar-refractivity contribution is 6.32. The number of aromatic amines is 1. The lowest BCUT2D eigenvalue weighted by atomic mass is 10.1. The molecule has 0 spiro atoms. The summed E-state index contributed by atoms with van der Waals surface area (Å²) in [6.07, 6.45) is 5.33. The van der Waals surface area contributed by atoms with Gasteiger partial charge in [-0.25, -0.2) is 4.98 Å². The van der Waals surface area contributed by atoms with Gasteiger partial charge in [-0.05, 0) is 18.6 Å². The van der Waals surface area contributed by atoms with Crippen LogP contribution in [0.4, 0.5) is 5.82 Å². The van der Waals surface area contributed by atoms with Crippen molar-refractivity contribution in [2.45, 2.75) is 25.8 Å². The van der Waals surface area contributed by atoms with E-state index in [1.54, 1.807) is 24.5 Å². The highest BCUT2D eigenvalue weighted by atomic mass is 35.5. The van der Waals surface area contributed by atoms with E-state index in [9.17, 15) is 4.79 Å². The Morgan fingerprint density at radius 1 is 1.43 bits per heavy atom. The number of morpholine rings is 1. The normalized spacial score (nSPS) is 18.2. The van der Waals surface area contributed by atoms with Crippen LogP contribution in [-0.4, -0.2) is 40.8 Å². The third-order valence-electron chi connectivity index (χ3n) is 3.92. The summed E-state index contributed by atoms with van der Waals surface area (Å²) in [5, 5.41) is 0.130. The van der Waals surface area contributed by atoms with E-state index in [1.807, 2.05) is 0 Å². The van der Waals surface area contributed by atoms with Crippen LogP contribution in [0.15, 0.2) is 29.3 Å². The molecule has 1 aliphatic rings. The zero-order valence-corrected chi connectivity index (χ0v) is 13.7. The van der Waals surface area contributed by atoms with Crippen LogP contribution in [0.1, 0.15) is 19.8 Å². The second-order valence-electron chi connectivity index (χ2n) is 5.50. The largest absolute Gasteiger partial charge is 0.377 e. The molecule has 0 bridgehead atoms. The highest BCUT2D eigenvalue weighted by Gasteiger charge is 2.27. The molecule has 2 aromatic heterocycles. The van der Waals surface area contributed by atoms with Gasteiger partial charge in [0.1, 0.15) is 10.8 Å². The molecule has 23 heavy (non-hydrogen) atoms. The van der Waals surface area contributed by atoms with Crippen molar-refractivity contribution < 1.29 is 4.74 Å². The average Bonchev–Trinajstić information content (AvgIpc) is 2.59. The molecule has 3 heterocycles. The lowest BCUT2D eigenvalue weighted by Gasteiger charge is -2.36. The van der Waals surface area contributed by atoms with Gasteiger partial charge in [0.2, 0.25) is 0 Å². The number of pyridine rings is 1. The maximum absolute atomic E-state index is 12.2. The number of aromatic nitrogens is 3. The maximum Gasteiger partial charge on any atom is 0.272 e. The summed E-state index contributed by atoms with van der Waals surface area (Å²) in [6.45, 7) is 4.04. The Morgan fingerprint density at radius 3 is 2.96 bits per heavy atom. The molecule has 0 saturated carbocycles. The molecule has 6 nitrogen and oxygen atoms in total. The van der Waals surface area contributed by atoms with Crippen LogP contribution in [0.25, 0.3) is 11.4 Å². The lowest BCUT2D eigenvalue weighted by molar-refractivity contribution is 0.0909. The SMILES string of the molecule is CCCC1COCCN1c1nc(-c2ccncc2)[nH]c(=O)c1Cl. The van der Waals surface area contributed by atoms with Gasteiger partial charge < -0.3 is 14.6 Å². The smallest absolute Gasteiger partial charge is 0.272 e. The molecule has 0 radical (unpaired) electrons. The van der Waals surface area contributed by atoms with Gasteiger partial charge in [0.25, 0.3) is 5.56 Å². The summed E-state index contributed by atoms with van der Waals surface area (Å²) in [5.41, 5.74) is 0.473. The molecule has 2 aromatic rings. The van der Waals surface area contributed by atoms with Crippen molar-refractivity contribution >= 4 is 17.4 Å². The molecule has 1 fully saturated rings. The van der Waals surface area contributed by atoms with Gasteiger partial charge in [-0.1, -0.05) is 24.9 Å². The first-order valence-electron chi connectivity index (χ1n) is 7.75. The summed E-state index contributed by atoms with van der Waals surface area (Å²) >= 11 is 6.25. The Bertz CT molecular complexity index is 718. The maximum atomic E-state index is 12.2. The molecule has 1 aliphatic heterocycles. The van der Waals surface area contributed by atoms with E-state index in [2.05, 4.69) is 26.8 Å². The van der Waals surface area contributed by atoms with E-state index in [1.165, 1.54) is 0 Å². The molecule has 1 N–H and O–H groups in total. The van der Waals surface area contributed by atoms with Crippen molar-refractivity contribution in [3.8, 4) is 11.4 Å². The van der Waals surface area contributed by atoms with E-state index >= 15 is 0 Å². The molecular weight excluding hydrogens is 316 g/mol. The summed E-state index contributed by atoms with van der Waals surface area (Å²) in [6, 6.07) is 3.79. The number of hydrogen-bond acceptors (Lipinski definition) is 5. The summed E-state index contributed by atoms with van der Waals surface area (Å²) < 4.78 is 5.56. The van der Waals surface area contributed by atoms with Crippen LogP contribution in [0, 0.1) is 0 Å². The molecule has 7 heteroatoms. The number of nitrogens with zero attached hydrogens (tertiary/aromatic N) is 3. The quantitative estimate of drug-likeness (QED) is 0.930. The van der Waals surface area contributed by atoms with Gasteiger partial charge in [-0.3, -0.25) is 9.78 Å². The fourth-order valence-electron chi connectivity index (χ4n) is 2.79. The third-order valence-corrected chi connectivity index (χ3v) is 4.26. The van der Waals surface area contributed by atoms with Gasteiger partial charge in [0.05, 0.1) is 19.3 Å². The van der Waals surface area contributed by atoms with Gasteiger partial charge >= 0.3 is 0 Å². The molecule has 3 rings (SSSR count). The molecule has 0 aliphatic carbocycles. The van der Waals surface area contributed by atoms with Gasteiger partial charge in [0.15, 0.2) is 5.82 Å². The standard InChI is InChI=1S/C16H19ClN4O2/c1-2-3-12-10-23-9-8-21(12)15-13(17)16(22)20-14(19-15)11-4-6-18-7-5-11/h4-7,12H,2-3,8-10H2,1H3,(H,19,20,22). The number of anilines is 1. The minimum absolute atomic E-state index is 0.130. The number of hydrogen-bond donors (Lipinski definition) is 1. The van der Waals surface area contributed by atoms with Crippen LogP contribution in [0.2, 0.25) is 5.02 Å². The predicted molar refractivity (Wildman–Crippen MR) is 90.0 cm³/mol. The molecule has 122 valence electrons. The predicted octanol–water partition coefficient (Wildman–Crippen LogP) is 2.49. The zero-order valence-electron chi connectivity index (χ0n) is 13.0. The third kappa shape index (κ3) is 3.38. The van der Waals surface area contributed by atoms with Crippen LogP contribution >= 0.6 is 11.6 Å². The first-order valence-corrected chi connectivity index (χ1v) is 8.13. The lowest BCUT2D eigenvalue weighted by Crippen LogP contribution is -2.46. The van der Waals surface area contributed by atoms with Crippen LogP contribution in [0.3, 0.4) is 0 Å². The second-order valence-corrected chi connectivity index (χ2v) is 5.88. The minimum Gasteiger partial charge on any atom is -0.377 e. The Hall–Kier alpha value is -1.92. The van der Waals surface area contributed by atoms with E-state index in [4.69, 9.17) is 16.3 Å². The van der Waals surface area contributed by atoms with Gasteiger partial charge in [-0.15, -0.1) is 0 Å². The van der Waals surface area contributed by atoms with Crippen molar-refractivity contribution in [2.24, 2.45) is 0 Å². The van der Waals surface area contributed by atoms with Gasteiger partial charge in [-0.2, -0.15) is 0 Å². The fraction of sp³-hybridized carbons (Fsp3) is 0.438. The zero-order chi connectivity index (χ0) is 16.2. The minimum atomic E-state index is -0.329. The Kier molecular flexibility index (Phi) is 4.93.